The van der Waals surface area contributed by atoms with Crippen LogP contribution in [-0.4, -0.2) is 18.2 Å². The standard InChI is InChI=1S/C15H15NO4/c1-19-12-9-5-6-10-13(12)20-14(15(17)16-18)11-7-3-2-4-8-11/h2-10,14,18H,1H3,(H,16,17). The minimum absolute atomic E-state index is 0.424. The summed E-state index contributed by atoms with van der Waals surface area (Å²) in [5, 5.41) is 8.86. The van der Waals surface area contributed by atoms with Crippen LogP contribution >= 0.6 is 0 Å². The second kappa shape index (κ2) is 6.58. The molecule has 2 rings (SSSR count). The van der Waals surface area contributed by atoms with E-state index in [4.69, 9.17) is 14.7 Å². The van der Waals surface area contributed by atoms with Crippen molar-refractivity contribution in [3.63, 3.8) is 0 Å². The first-order valence-corrected chi connectivity index (χ1v) is 6.05. The Morgan fingerprint density at radius 1 is 1.05 bits per heavy atom. The Morgan fingerprint density at radius 2 is 1.65 bits per heavy atom. The minimum atomic E-state index is -0.961. The van der Waals surface area contributed by atoms with Gasteiger partial charge in [-0.15, -0.1) is 0 Å². The zero-order valence-corrected chi connectivity index (χ0v) is 10.9. The van der Waals surface area contributed by atoms with Crippen LogP contribution in [0.4, 0.5) is 0 Å². The average Bonchev–Trinajstić information content (AvgIpc) is 2.53. The van der Waals surface area contributed by atoms with Crippen molar-refractivity contribution in [2.75, 3.05) is 7.11 Å². The summed E-state index contributed by atoms with van der Waals surface area (Å²) in [4.78, 5) is 11.8. The topological polar surface area (TPSA) is 67.8 Å². The zero-order chi connectivity index (χ0) is 14.4. The molecule has 0 aromatic heterocycles. The maximum absolute atomic E-state index is 11.8. The lowest BCUT2D eigenvalue weighted by atomic mass is 10.1. The van der Waals surface area contributed by atoms with E-state index < -0.39 is 12.0 Å². The second-order valence-corrected chi connectivity index (χ2v) is 4.04. The highest BCUT2D eigenvalue weighted by Gasteiger charge is 2.23. The molecule has 2 aromatic carbocycles. The molecule has 1 atom stereocenters. The largest absolute Gasteiger partial charge is 0.493 e. The van der Waals surface area contributed by atoms with Gasteiger partial charge in [0.25, 0.3) is 5.91 Å². The molecule has 0 spiro atoms. The number of hydrogen-bond acceptors (Lipinski definition) is 4. The van der Waals surface area contributed by atoms with E-state index in [1.165, 1.54) is 7.11 Å². The predicted molar refractivity (Wildman–Crippen MR) is 72.7 cm³/mol. The van der Waals surface area contributed by atoms with Crippen molar-refractivity contribution in [3.05, 3.63) is 60.2 Å². The van der Waals surface area contributed by atoms with Crippen LogP contribution in [0.5, 0.6) is 11.5 Å². The fourth-order valence-corrected chi connectivity index (χ4v) is 1.80. The first-order chi connectivity index (χ1) is 9.76. The number of ether oxygens (including phenoxy) is 2. The summed E-state index contributed by atoms with van der Waals surface area (Å²) in [6.07, 6.45) is -0.961. The van der Waals surface area contributed by atoms with Crippen molar-refractivity contribution in [2.24, 2.45) is 0 Å². The molecular weight excluding hydrogens is 258 g/mol. The fraction of sp³-hybridized carbons (Fsp3) is 0.133. The van der Waals surface area contributed by atoms with Crippen molar-refractivity contribution in [1.29, 1.82) is 0 Å². The van der Waals surface area contributed by atoms with Gasteiger partial charge in [-0.3, -0.25) is 10.0 Å². The van der Waals surface area contributed by atoms with Gasteiger partial charge in [-0.05, 0) is 12.1 Å². The molecular formula is C15H15NO4. The van der Waals surface area contributed by atoms with Crippen molar-refractivity contribution in [1.82, 2.24) is 5.48 Å². The molecule has 2 aromatic rings. The van der Waals surface area contributed by atoms with Gasteiger partial charge in [0.05, 0.1) is 7.11 Å². The predicted octanol–water partition coefficient (Wildman–Crippen LogP) is 2.32. The van der Waals surface area contributed by atoms with Crippen LogP contribution in [0.15, 0.2) is 54.6 Å². The van der Waals surface area contributed by atoms with Crippen molar-refractivity contribution >= 4 is 5.91 Å². The summed E-state index contributed by atoms with van der Waals surface area (Å²) >= 11 is 0. The van der Waals surface area contributed by atoms with Gasteiger partial charge in [-0.25, -0.2) is 5.48 Å². The molecule has 0 radical (unpaired) electrons. The Bertz CT molecular complexity index is 571. The Hall–Kier alpha value is -2.53. The highest BCUT2D eigenvalue weighted by Crippen LogP contribution is 2.30. The number of rotatable bonds is 5. The second-order valence-electron chi connectivity index (χ2n) is 4.04. The Morgan fingerprint density at radius 3 is 2.25 bits per heavy atom. The summed E-state index contributed by atoms with van der Waals surface area (Å²) in [5.74, 6) is 0.286. The minimum Gasteiger partial charge on any atom is -0.493 e. The maximum Gasteiger partial charge on any atom is 0.289 e. The number of carbonyl (C=O) groups is 1. The van der Waals surface area contributed by atoms with Gasteiger partial charge in [0.1, 0.15) is 0 Å². The Kier molecular flexibility index (Phi) is 4.57. The zero-order valence-electron chi connectivity index (χ0n) is 10.9. The van der Waals surface area contributed by atoms with Crippen LogP contribution in [0, 0.1) is 0 Å². The van der Waals surface area contributed by atoms with Crippen LogP contribution in [-0.2, 0) is 4.79 Å². The molecule has 1 unspecified atom stereocenters. The maximum atomic E-state index is 11.8. The van der Waals surface area contributed by atoms with E-state index in [-0.39, 0.29) is 0 Å². The van der Waals surface area contributed by atoms with Crippen molar-refractivity contribution in [2.45, 2.75) is 6.10 Å². The third-order valence-corrected chi connectivity index (χ3v) is 2.76. The number of carbonyl (C=O) groups excluding carboxylic acids is 1. The first kappa shape index (κ1) is 13.9. The molecule has 104 valence electrons. The third-order valence-electron chi connectivity index (χ3n) is 2.76. The summed E-state index contributed by atoms with van der Waals surface area (Å²) in [6.45, 7) is 0. The van der Waals surface area contributed by atoms with Gasteiger partial charge in [-0.1, -0.05) is 42.5 Å². The van der Waals surface area contributed by atoms with E-state index in [0.29, 0.717) is 17.1 Å². The van der Waals surface area contributed by atoms with Gasteiger partial charge in [-0.2, -0.15) is 0 Å². The summed E-state index contributed by atoms with van der Waals surface area (Å²) in [6, 6.07) is 15.9. The number of amides is 1. The van der Waals surface area contributed by atoms with Gasteiger partial charge < -0.3 is 9.47 Å². The summed E-state index contributed by atoms with van der Waals surface area (Å²) in [7, 11) is 1.52. The van der Waals surface area contributed by atoms with E-state index in [2.05, 4.69) is 0 Å². The number of benzene rings is 2. The first-order valence-electron chi connectivity index (χ1n) is 6.05. The molecule has 0 heterocycles. The normalized spacial score (nSPS) is 11.5. The molecule has 0 saturated carbocycles. The highest BCUT2D eigenvalue weighted by molar-refractivity contribution is 5.81. The lowest BCUT2D eigenvalue weighted by molar-refractivity contribution is -0.136. The van der Waals surface area contributed by atoms with Crippen molar-refractivity contribution in [3.8, 4) is 11.5 Å². The van der Waals surface area contributed by atoms with Gasteiger partial charge >= 0.3 is 0 Å². The number of methoxy groups -OCH3 is 1. The molecule has 0 bridgehead atoms. The molecule has 0 fully saturated rings. The Balaban J connectivity index is 2.31. The third kappa shape index (κ3) is 3.07. The number of nitrogens with one attached hydrogen (secondary N) is 1. The fourth-order valence-electron chi connectivity index (χ4n) is 1.80. The van der Waals surface area contributed by atoms with E-state index in [9.17, 15) is 4.79 Å². The summed E-state index contributed by atoms with van der Waals surface area (Å²) < 4.78 is 10.9. The van der Waals surface area contributed by atoms with Crippen LogP contribution in [0.25, 0.3) is 0 Å². The van der Waals surface area contributed by atoms with Crippen LogP contribution in [0.3, 0.4) is 0 Å². The van der Waals surface area contributed by atoms with Crippen LogP contribution < -0.4 is 15.0 Å². The molecule has 0 saturated heterocycles. The molecule has 20 heavy (non-hydrogen) atoms. The van der Waals surface area contributed by atoms with E-state index in [1.54, 1.807) is 54.0 Å². The lowest BCUT2D eigenvalue weighted by Gasteiger charge is -2.19. The van der Waals surface area contributed by atoms with Crippen LogP contribution in [0.2, 0.25) is 0 Å². The molecule has 2 N–H and O–H groups in total. The number of hydrogen-bond donors (Lipinski definition) is 2. The number of hydroxylamine groups is 1. The molecule has 5 nitrogen and oxygen atoms in total. The molecule has 0 aliphatic heterocycles. The molecule has 5 heteroatoms. The SMILES string of the molecule is COc1ccccc1OC(C(=O)NO)c1ccccc1. The molecule has 0 aliphatic rings. The highest BCUT2D eigenvalue weighted by atomic mass is 16.5. The monoisotopic (exact) mass is 273 g/mol. The lowest BCUT2D eigenvalue weighted by Crippen LogP contribution is -2.30. The van der Waals surface area contributed by atoms with Gasteiger partial charge in [0.2, 0.25) is 6.10 Å². The van der Waals surface area contributed by atoms with E-state index in [1.807, 2.05) is 6.07 Å². The Labute approximate surface area is 116 Å². The summed E-state index contributed by atoms with van der Waals surface area (Å²) in [5.41, 5.74) is 2.25. The quantitative estimate of drug-likeness (QED) is 0.648. The molecule has 0 aliphatic carbocycles. The average molecular weight is 273 g/mol. The van der Waals surface area contributed by atoms with Gasteiger partial charge in [0.15, 0.2) is 11.5 Å². The van der Waals surface area contributed by atoms with Crippen LogP contribution in [0.1, 0.15) is 11.7 Å². The van der Waals surface area contributed by atoms with Gasteiger partial charge in [0, 0.05) is 5.56 Å². The molecule has 1 amide bonds. The van der Waals surface area contributed by atoms with Crippen molar-refractivity contribution < 1.29 is 19.5 Å². The van der Waals surface area contributed by atoms with E-state index >= 15 is 0 Å². The number of para-hydroxylation sites is 2. The van der Waals surface area contributed by atoms with E-state index in [0.717, 1.165) is 0 Å². The smallest absolute Gasteiger partial charge is 0.289 e.